The van der Waals surface area contributed by atoms with Crippen molar-refractivity contribution in [1.29, 1.82) is 0 Å². The number of rotatable bonds is 4. The molecule has 0 fully saturated rings. The maximum absolute atomic E-state index is 13.2. The van der Waals surface area contributed by atoms with Crippen LogP contribution in [0.5, 0.6) is 0 Å². The number of hydrazone groups is 1. The molecule has 0 amide bonds. The van der Waals surface area contributed by atoms with E-state index in [1.165, 1.54) is 4.41 Å². The average Bonchev–Trinajstić information content (AvgIpc) is 2.86. The smallest absolute Gasteiger partial charge is 0.200 e. The summed E-state index contributed by atoms with van der Waals surface area (Å²) >= 11 is 0. The second-order valence-electron chi connectivity index (χ2n) is 6.20. The lowest BCUT2D eigenvalue weighted by atomic mass is 10.0. The highest BCUT2D eigenvalue weighted by Gasteiger charge is 2.31. The minimum Gasteiger partial charge on any atom is -0.200 e. The fraction of sp³-hybridized carbons (Fsp3) is 0.250. The number of aryl methyl sites for hydroxylation is 1. The highest BCUT2D eigenvalue weighted by atomic mass is 32.2. The van der Waals surface area contributed by atoms with Gasteiger partial charge in [-0.2, -0.15) is 17.9 Å². The Morgan fingerprint density at radius 1 is 1.12 bits per heavy atom. The van der Waals surface area contributed by atoms with Crippen molar-refractivity contribution < 1.29 is 8.42 Å². The summed E-state index contributed by atoms with van der Waals surface area (Å²) in [6.07, 6.45) is 3.98. The van der Waals surface area contributed by atoms with Gasteiger partial charge >= 0.3 is 0 Å². The zero-order chi connectivity index (χ0) is 17.9. The van der Waals surface area contributed by atoms with Gasteiger partial charge in [-0.3, -0.25) is 0 Å². The molecule has 2 aromatic carbocycles. The summed E-state index contributed by atoms with van der Waals surface area (Å²) < 4.78 is 27.6. The maximum Gasteiger partial charge on any atom is 0.279 e. The molecule has 1 aliphatic rings. The lowest BCUT2D eigenvalue weighted by Gasteiger charge is -2.25. The van der Waals surface area contributed by atoms with Gasteiger partial charge in [0.2, 0.25) is 0 Å². The van der Waals surface area contributed by atoms with Crippen molar-refractivity contribution in [2.45, 2.75) is 37.1 Å². The Bertz CT molecular complexity index is 872. The summed E-state index contributed by atoms with van der Waals surface area (Å²) in [5, 5.41) is 4.56. The van der Waals surface area contributed by atoms with Gasteiger partial charge in [-0.1, -0.05) is 54.1 Å². The Morgan fingerprint density at radius 2 is 1.80 bits per heavy atom. The van der Waals surface area contributed by atoms with Crippen molar-refractivity contribution in [2.75, 3.05) is 0 Å². The second-order valence-corrected chi connectivity index (χ2v) is 7.99. The van der Waals surface area contributed by atoms with Gasteiger partial charge in [-0.05, 0) is 43.9 Å². The number of nitrogens with zero attached hydrogens (tertiary/aromatic N) is 2. The minimum absolute atomic E-state index is 0.253. The predicted molar refractivity (Wildman–Crippen MR) is 101 cm³/mol. The van der Waals surface area contributed by atoms with Gasteiger partial charge in [-0.25, -0.2) is 0 Å². The van der Waals surface area contributed by atoms with Gasteiger partial charge in [0.05, 0.1) is 16.6 Å². The van der Waals surface area contributed by atoms with E-state index in [0.29, 0.717) is 6.42 Å². The van der Waals surface area contributed by atoms with Crippen LogP contribution in [0.4, 0.5) is 0 Å². The molecule has 0 radical (unpaired) electrons. The molecule has 2 aromatic rings. The summed E-state index contributed by atoms with van der Waals surface area (Å²) in [4.78, 5) is 0.253. The Balaban J connectivity index is 2.08. The summed E-state index contributed by atoms with van der Waals surface area (Å²) in [5.41, 5.74) is 2.76. The fourth-order valence-electron chi connectivity index (χ4n) is 2.92. The second kappa shape index (κ2) is 7.23. The van der Waals surface area contributed by atoms with E-state index in [-0.39, 0.29) is 10.9 Å². The number of sulfonamides is 1. The Kier molecular flexibility index (Phi) is 5.04. The zero-order valence-corrected chi connectivity index (χ0v) is 15.1. The van der Waals surface area contributed by atoms with Crippen molar-refractivity contribution in [3.8, 4) is 0 Å². The van der Waals surface area contributed by atoms with Crippen LogP contribution in [0.2, 0.25) is 0 Å². The molecule has 0 spiro atoms. The molecule has 0 aliphatic carbocycles. The van der Waals surface area contributed by atoms with Crippen molar-refractivity contribution in [3.05, 3.63) is 78.4 Å². The van der Waals surface area contributed by atoms with Crippen molar-refractivity contribution in [1.82, 2.24) is 4.41 Å². The number of benzene rings is 2. The normalized spacial score (nSPS) is 18.4. The Hall–Kier alpha value is -2.40. The predicted octanol–water partition coefficient (Wildman–Crippen LogP) is 4.13. The first-order valence-corrected chi connectivity index (χ1v) is 9.83. The van der Waals surface area contributed by atoms with Crippen LogP contribution in [0.3, 0.4) is 0 Å². The standard InChI is InChI=1S/C20H22N2O2S/c1-3-18-10-7-11-20(17-8-5-4-6-9-17)21-22(18)25(23,24)19-14-12-16(2)13-15-19/h3-6,8-9,12-15,18H,1,7,10-11H2,2H3/t18-/m0/s1. The first-order chi connectivity index (χ1) is 12.0. The van der Waals surface area contributed by atoms with Gasteiger partial charge in [0.1, 0.15) is 0 Å². The molecule has 0 saturated heterocycles. The van der Waals surface area contributed by atoms with E-state index < -0.39 is 10.0 Å². The lowest BCUT2D eigenvalue weighted by Crippen LogP contribution is -2.34. The van der Waals surface area contributed by atoms with Gasteiger partial charge < -0.3 is 0 Å². The topological polar surface area (TPSA) is 49.7 Å². The highest BCUT2D eigenvalue weighted by Crippen LogP contribution is 2.26. The van der Waals surface area contributed by atoms with Crippen LogP contribution in [0.25, 0.3) is 0 Å². The first-order valence-electron chi connectivity index (χ1n) is 8.39. The van der Waals surface area contributed by atoms with E-state index in [1.54, 1.807) is 30.3 Å². The van der Waals surface area contributed by atoms with E-state index in [1.807, 2.05) is 37.3 Å². The quantitative estimate of drug-likeness (QED) is 0.775. The van der Waals surface area contributed by atoms with Gasteiger partial charge in [0.15, 0.2) is 0 Å². The molecule has 130 valence electrons. The lowest BCUT2D eigenvalue weighted by molar-refractivity contribution is 0.368. The molecule has 0 saturated carbocycles. The molecule has 3 rings (SSSR count). The molecular formula is C20H22N2O2S. The minimum atomic E-state index is -3.73. The van der Waals surface area contributed by atoms with E-state index in [4.69, 9.17) is 0 Å². The van der Waals surface area contributed by atoms with Crippen LogP contribution in [0.1, 0.15) is 30.4 Å². The molecule has 0 unspecified atom stereocenters. The van der Waals surface area contributed by atoms with E-state index >= 15 is 0 Å². The third kappa shape index (κ3) is 3.66. The van der Waals surface area contributed by atoms with E-state index in [2.05, 4.69) is 11.7 Å². The summed E-state index contributed by atoms with van der Waals surface area (Å²) in [6.45, 7) is 5.75. The van der Waals surface area contributed by atoms with Crippen LogP contribution < -0.4 is 0 Å². The van der Waals surface area contributed by atoms with Crippen molar-refractivity contribution >= 4 is 15.7 Å². The molecule has 0 aromatic heterocycles. The highest BCUT2D eigenvalue weighted by molar-refractivity contribution is 7.89. The zero-order valence-electron chi connectivity index (χ0n) is 14.3. The SMILES string of the molecule is C=C[C@H]1CCCC(c2ccccc2)=NN1S(=O)(=O)c1ccc(C)cc1. The molecule has 5 heteroatoms. The molecular weight excluding hydrogens is 332 g/mol. The van der Waals surface area contributed by atoms with Gasteiger partial charge in [0.25, 0.3) is 10.0 Å². The molecule has 0 bridgehead atoms. The third-order valence-corrected chi connectivity index (χ3v) is 6.07. The third-order valence-electron chi connectivity index (χ3n) is 4.36. The van der Waals surface area contributed by atoms with E-state index in [0.717, 1.165) is 29.7 Å². The summed E-state index contributed by atoms with van der Waals surface area (Å²) in [6, 6.07) is 16.3. The summed E-state index contributed by atoms with van der Waals surface area (Å²) in [5.74, 6) is 0. The van der Waals surface area contributed by atoms with Crippen LogP contribution in [0.15, 0.2) is 77.2 Å². The largest absolute Gasteiger partial charge is 0.279 e. The van der Waals surface area contributed by atoms with Crippen LogP contribution in [-0.2, 0) is 10.0 Å². The van der Waals surface area contributed by atoms with Crippen LogP contribution in [-0.4, -0.2) is 24.6 Å². The molecule has 4 nitrogen and oxygen atoms in total. The van der Waals surface area contributed by atoms with Crippen molar-refractivity contribution in [3.63, 3.8) is 0 Å². The molecule has 0 N–H and O–H groups in total. The van der Waals surface area contributed by atoms with Crippen LogP contribution in [0, 0.1) is 6.92 Å². The van der Waals surface area contributed by atoms with E-state index in [9.17, 15) is 8.42 Å². The molecule has 1 atom stereocenters. The molecule has 25 heavy (non-hydrogen) atoms. The molecule has 1 aliphatic heterocycles. The van der Waals surface area contributed by atoms with Crippen molar-refractivity contribution in [2.24, 2.45) is 5.10 Å². The Labute approximate surface area is 149 Å². The van der Waals surface area contributed by atoms with Gasteiger partial charge in [0, 0.05) is 0 Å². The first kappa shape index (κ1) is 17.4. The fourth-order valence-corrected chi connectivity index (χ4v) is 4.37. The number of hydrogen-bond donors (Lipinski definition) is 0. The number of hydrogen-bond acceptors (Lipinski definition) is 3. The average molecular weight is 354 g/mol. The van der Waals surface area contributed by atoms with Gasteiger partial charge in [-0.15, -0.1) is 6.58 Å². The Morgan fingerprint density at radius 3 is 2.44 bits per heavy atom. The van der Waals surface area contributed by atoms with Crippen LogP contribution >= 0.6 is 0 Å². The maximum atomic E-state index is 13.2. The monoisotopic (exact) mass is 354 g/mol. The molecule has 1 heterocycles. The summed E-state index contributed by atoms with van der Waals surface area (Å²) in [7, 11) is -3.73.